The molecule has 0 radical (unpaired) electrons. The topological polar surface area (TPSA) is 34.1 Å². The van der Waals surface area contributed by atoms with Crippen molar-refractivity contribution in [3.63, 3.8) is 0 Å². The van der Waals surface area contributed by atoms with Gasteiger partial charge in [0.25, 0.3) is 0 Å². The molecule has 0 N–H and O–H groups in total. The molecule has 4 nitrogen and oxygen atoms in total. The van der Waals surface area contributed by atoms with Crippen molar-refractivity contribution < 1.29 is 9.47 Å². The molecule has 3 aromatic carbocycles. The molecule has 0 aliphatic carbocycles. The van der Waals surface area contributed by atoms with Crippen LogP contribution in [-0.2, 0) is 0 Å². The maximum atomic E-state index is 6.43. The van der Waals surface area contributed by atoms with E-state index in [1.165, 1.54) is 0 Å². The normalized spacial score (nSPS) is 19.1. The number of unbranched alkanes of at least 4 members (excludes halogenated alkanes) is 1. The molecule has 2 aliphatic rings. The van der Waals surface area contributed by atoms with E-state index in [2.05, 4.69) is 24.1 Å². The molecule has 0 bridgehead atoms. The van der Waals surface area contributed by atoms with Gasteiger partial charge < -0.3 is 9.47 Å². The molecule has 0 saturated carbocycles. The number of nitrogens with zero attached hydrogens (tertiary/aromatic N) is 2. The standard InChI is InChI=1S/C26H24Cl2N2O2/c1-2-3-14-31-21-11-6-18(7-12-21)26-30-24(22-15-20(28)10-13-25(22)32-26)16-23(29-30)17-4-8-19(27)9-5-17/h4-13,15,24,26H,2-3,14,16H2,1H3/t24-,26-/m1/s1. The fourth-order valence-corrected chi connectivity index (χ4v) is 4.46. The Morgan fingerprint density at radius 3 is 2.50 bits per heavy atom. The van der Waals surface area contributed by atoms with Crippen LogP contribution in [0.2, 0.25) is 10.0 Å². The fraction of sp³-hybridized carbons (Fsp3) is 0.269. The lowest BCUT2D eigenvalue weighted by atomic mass is 9.96. The first-order valence-corrected chi connectivity index (χ1v) is 11.7. The van der Waals surface area contributed by atoms with E-state index in [0.717, 1.165) is 59.8 Å². The highest BCUT2D eigenvalue weighted by atomic mass is 35.5. The summed E-state index contributed by atoms with van der Waals surface area (Å²) in [5.41, 5.74) is 4.15. The van der Waals surface area contributed by atoms with E-state index in [1.54, 1.807) is 0 Å². The van der Waals surface area contributed by atoms with Crippen LogP contribution in [0, 0.1) is 0 Å². The Morgan fingerprint density at radius 1 is 1.00 bits per heavy atom. The average molecular weight is 467 g/mol. The van der Waals surface area contributed by atoms with E-state index in [0.29, 0.717) is 10.0 Å². The van der Waals surface area contributed by atoms with Gasteiger partial charge in [-0.05, 0) is 66.6 Å². The van der Waals surface area contributed by atoms with E-state index in [4.69, 9.17) is 37.8 Å². The number of benzene rings is 3. The molecule has 0 amide bonds. The Morgan fingerprint density at radius 2 is 1.75 bits per heavy atom. The number of halogens is 2. The van der Waals surface area contributed by atoms with E-state index in [9.17, 15) is 0 Å². The first-order chi connectivity index (χ1) is 15.6. The number of ether oxygens (including phenoxy) is 2. The molecule has 0 spiro atoms. The molecule has 2 atom stereocenters. The molecule has 3 aromatic rings. The van der Waals surface area contributed by atoms with Gasteiger partial charge in [-0.25, -0.2) is 5.01 Å². The smallest absolute Gasteiger partial charge is 0.213 e. The monoisotopic (exact) mass is 466 g/mol. The Hall–Kier alpha value is -2.69. The highest BCUT2D eigenvalue weighted by molar-refractivity contribution is 6.31. The van der Waals surface area contributed by atoms with Crippen LogP contribution in [-0.4, -0.2) is 17.3 Å². The van der Waals surface area contributed by atoms with Gasteiger partial charge >= 0.3 is 0 Å². The van der Waals surface area contributed by atoms with E-state index >= 15 is 0 Å². The lowest BCUT2D eigenvalue weighted by molar-refractivity contribution is -0.0190. The second kappa shape index (κ2) is 9.05. The summed E-state index contributed by atoms with van der Waals surface area (Å²) >= 11 is 12.4. The number of rotatable bonds is 6. The minimum absolute atomic E-state index is 0.0496. The van der Waals surface area contributed by atoms with E-state index in [1.807, 2.05) is 54.6 Å². The molecule has 5 rings (SSSR count). The molecule has 2 heterocycles. The van der Waals surface area contributed by atoms with Crippen LogP contribution >= 0.6 is 23.2 Å². The summed E-state index contributed by atoms with van der Waals surface area (Å²) < 4.78 is 12.2. The fourth-order valence-electron chi connectivity index (χ4n) is 4.16. The zero-order valence-corrected chi connectivity index (χ0v) is 19.3. The average Bonchev–Trinajstić information content (AvgIpc) is 3.26. The number of hydrogen-bond acceptors (Lipinski definition) is 4. The number of hydrogen-bond donors (Lipinski definition) is 0. The van der Waals surface area contributed by atoms with Crippen LogP contribution in [0.1, 0.15) is 55.1 Å². The Balaban J connectivity index is 1.48. The minimum Gasteiger partial charge on any atom is -0.494 e. The van der Waals surface area contributed by atoms with Crippen molar-refractivity contribution >= 4 is 28.9 Å². The van der Waals surface area contributed by atoms with Gasteiger partial charge in [0.15, 0.2) is 0 Å². The highest BCUT2D eigenvalue weighted by Crippen LogP contribution is 2.48. The van der Waals surface area contributed by atoms with Crippen molar-refractivity contribution in [1.82, 2.24) is 5.01 Å². The van der Waals surface area contributed by atoms with Crippen molar-refractivity contribution in [3.8, 4) is 11.5 Å². The summed E-state index contributed by atoms with van der Waals surface area (Å²) in [7, 11) is 0. The Bertz CT molecular complexity index is 1130. The molecule has 0 aromatic heterocycles. The van der Waals surface area contributed by atoms with Crippen molar-refractivity contribution in [1.29, 1.82) is 0 Å². The van der Waals surface area contributed by atoms with Gasteiger partial charge in [0.05, 0.1) is 18.4 Å². The summed E-state index contributed by atoms with van der Waals surface area (Å²) in [6.07, 6.45) is 2.60. The maximum Gasteiger partial charge on any atom is 0.213 e. The van der Waals surface area contributed by atoms with Gasteiger partial charge in [-0.15, -0.1) is 0 Å². The van der Waals surface area contributed by atoms with Crippen LogP contribution in [0.15, 0.2) is 71.8 Å². The third kappa shape index (κ3) is 4.17. The van der Waals surface area contributed by atoms with Gasteiger partial charge in [-0.2, -0.15) is 5.10 Å². The van der Waals surface area contributed by atoms with Crippen LogP contribution in [0.25, 0.3) is 0 Å². The Labute approximate surface area is 198 Å². The number of fused-ring (bicyclic) bond motifs is 3. The van der Waals surface area contributed by atoms with Crippen molar-refractivity contribution in [2.24, 2.45) is 5.10 Å². The molecule has 0 fully saturated rings. The Kier molecular flexibility index (Phi) is 5.99. The first-order valence-electron chi connectivity index (χ1n) is 10.9. The van der Waals surface area contributed by atoms with Crippen molar-refractivity contribution in [2.45, 2.75) is 38.5 Å². The lowest BCUT2D eigenvalue weighted by Crippen LogP contribution is -2.33. The van der Waals surface area contributed by atoms with Crippen molar-refractivity contribution in [3.05, 3.63) is 93.5 Å². The summed E-state index contributed by atoms with van der Waals surface area (Å²) in [6.45, 7) is 2.88. The molecular weight excluding hydrogens is 443 g/mol. The molecule has 0 unspecified atom stereocenters. The molecule has 164 valence electrons. The van der Waals surface area contributed by atoms with Crippen LogP contribution in [0.5, 0.6) is 11.5 Å². The van der Waals surface area contributed by atoms with Gasteiger partial charge in [0, 0.05) is 27.6 Å². The molecule has 0 saturated heterocycles. The zero-order chi connectivity index (χ0) is 22.1. The number of hydrazone groups is 1. The van der Waals surface area contributed by atoms with Crippen LogP contribution in [0.3, 0.4) is 0 Å². The molecule has 2 aliphatic heterocycles. The molecule has 32 heavy (non-hydrogen) atoms. The third-order valence-corrected chi connectivity index (χ3v) is 6.35. The van der Waals surface area contributed by atoms with Crippen molar-refractivity contribution in [2.75, 3.05) is 6.61 Å². The highest BCUT2D eigenvalue weighted by Gasteiger charge is 2.41. The SMILES string of the molecule is CCCCOc1ccc([C@H]2Oc3ccc(Cl)cc3[C@H]3CC(c4ccc(Cl)cc4)=NN32)cc1. The first kappa shape index (κ1) is 21.2. The quantitative estimate of drug-likeness (QED) is 0.354. The van der Waals surface area contributed by atoms with Crippen LogP contribution in [0.4, 0.5) is 0 Å². The lowest BCUT2D eigenvalue weighted by Gasteiger charge is -2.38. The molecule has 6 heteroatoms. The van der Waals surface area contributed by atoms with Crippen LogP contribution < -0.4 is 9.47 Å². The summed E-state index contributed by atoms with van der Waals surface area (Å²) in [6, 6.07) is 21.8. The predicted octanol–water partition coefficient (Wildman–Crippen LogP) is 7.41. The van der Waals surface area contributed by atoms with E-state index in [-0.39, 0.29) is 12.3 Å². The van der Waals surface area contributed by atoms with Gasteiger partial charge in [-0.3, -0.25) is 0 Å². The second-order valence-electron chi connectivity index (χ2n) is 8.08. The maximum absolute atomic E-state index is 6.43. The van der Waals surface area contributed by atoms with Gasteiger partial charge in [0.1, 0.15) is 11.5 Å². The minimum atomic E-state index is -0.330. The summed E-state index contributed by atoms with van der Waals surface area (Å²) in [4.78, 5) is 0. The second-order valence-corrected chi connectivity index (χ2v) is 8.95. The third-order valence-electron chi connectivity index (χ3n) is 5.86. The summed E-state index contributed by atoms with van der Waals surface area (Å²) in [5, 5.41) is 8.44. The largest absolute Gasteiger partial charge is 0.494 e. The molecular formula is C26H24Cl2N2O2. The van der Waals surface area contributed by atoms with Gasteiger partial charge in [0.2, 0.25) is 6.23 Å². The van der Waals surface area contributed by atoms with Gasteiger partial charge in [-0.1, -0.05) is 48.7 Å². The predicted molar refractivity (Wildman–Crippen MR) is 129 cm³/mol. The zero-order valence-electron chi connectivity index (χ0n) is 17.8. The van der Waals surface area contributed by atoms with E-state index < -0.39 is 0 Å². The summed E-state index contributed by atoms with van der Waals surface area (Å²) in [5.74, 6) is 1.71.